The van der Waals surface area contributed by atoms with Crippen molar-refractivity contribution in [2.75, 3.05) is 19.6 Å². The van der Waals surface area contributed by atoms with Gasteiger partial charge in [-0.2, -0.15) is 0 Å². The highest BCUT2D eigenvalue weighted by Crippen LogP contribution is 2.28. The predicted molar refractivity (Wildman–Crippen MR) is 90.0 cm³/mol. The fraction of sp³-hybridized carbons (Fsp3) is 0.647. The van der Waals surface area contributed by atoms with E-state index in [0.717, 1.165) is 13.1 Å². The number of nitrogens with one attached hydrogen (secondary N) is 1. The highest BCUT2D eigenvalue weighted by Gasteiger charge is 2.23. The molecule has 0 bridgehead atoms. The molecule has 20 heavy (non-hydrogen) atoms. The van der Waals surface area contributed by atoms with Crippen molar-refractivity contribution in [3.8, 4) is 0 Å². The zero-order valence-corrected chi connectivity index (χ0v) is 14.5. The first kappa shape index (κ1) is 16.0. The zero-order valence-electron chi connectivity index (χ0n) is 12.9. The van der Waals surface area contributed by atoms with E-state index in [2.05, 4.69) is 71.2 Å². The summed E-state index contributed by atoms with van der Waals surface area (Å²) in [5.74, 6) is 0.696. The van der Waals surface area contributed by atoms with Gasteiger partial charge in [-0.05, 0) is 43.9 Å². The van der Waals surface area contributed by atoms with E-state index in [9.17, 15) is 0 Å². The average Bonchev–Trinajstić information content (AvgIpc) is 2.90. The third-order valence-electron chi connectivity index (χ3n) is 4.12. The summed E-state index contributed by atoms with van der Waals surface area (Å²) in [6, 6.07) is 9.73. The van der Waals surface area contributed by atoms with Gasteiger partial charge in [0, 0.05) is 29.6 Å². The Bertz CT molecular complexity index is 413. The number of hydrogen-bond acceptors (Lipinski definition) is 2. The quantitative estimate of drug-likeness (QED) is 0.835. The molecule has 1 aromatic carbocycles. The summed E-state index contributed by atoms with van der Waals surface area (Å²) in [5.41, 5.74) is 1.39. The Hall–Kier alpha value is -0.380. The fourth-order valence-electron chi connectivity index (χ4n) is 3.07. The first-order valence-electron chi connectivity index (χ1n) is 7.79. The summed E-state index contributed by atoms with van der Waals surface area (Å²) < 4.78 is 1.22. The van der Waals surface area contributed by atoms with Crippen LogP contribution in [0, 0.1) is 5.92 Å². The van der Waals surface area contributed by atoms with Crippen molar-refractivity contribution >= 4 is 15.9 Å². The van der Waals surface area contributed by atoms with E-state index in [1.54, 1.807) is 0 Å². The zero-order chi connectivity index (χ0) is 14.5. The van der Waals surface area contributed by atoms with E-state index in [0.29, 0.717) is 18.0 Å². The van der Waals surface area contributed by atoms with Crippen molar-refractivity contribution in [1.82, 2.24) is 10.2 Å². The Morgan fingerprint density at radius 2 is 2.05 bits per heavy atom. The van der Waals surface area contributed by atoms with Crippen molar-refractivity contribution in [2.45, 2.75) is 45.7 Å². The van der Waals surface area contributed by atoms with Crippen LogP contribution in [0.15, 0.2) is 28.7 Å². The molecule has 0 amide bonds. The maximum atomic E-state index is 3.70. The van der Waals surface area contributed by atoms with Crippen LogP contribution in [0.3, 0.4) is 0 Å². The minimum atomic E-state index is 0.454. The molecule has 1 N–H and O–H groups in total. The van der Waals surface area contributed by atoms with Gasteiger partial charge >= 0.3 is 0 Å². The molecule has 1 aromatic rings. The van der Waals surface area contributed by atoms with Gasteiger partial charge in [0.2, 0.25) is 0 Å². The molecule has 112 valence electrons. The average molecular weight is 339 g/mol. The van der Waals surface area contributed by atoms with Gasteiger partial charge in [-0.1, -0.05) is 48.0 Å². The predicted octanol–water partition coefficient (Wildman–Crippen LogP) is 4.22. The lowest BCUT2D eigenvalue weighted by Gasteiger charge is -2.33. The van der Waals surface area contributed by atoms with E-state index in [-0.39, 0.29) is 0 Å². The van der Waals surface area contributed by atoms with Crippen LogP contribution in [0.4, 0.5) is 0 Å². The van der Waals surface area contributed by atoms with E-state index < -0.39 is 0 Å². The maximum absolute atomic E-state index is 3.70. The van der Waals surface area contributed by atoms with Gasteiger partial charge in [0.1, 0.15) is 0 Å². The molecule has 2 unspecified atom stereocenters. The Labute approximate surface area is 132 Å². The Morgan fingerprint density at radius 3 is 2.65 bits per heavy atom. The summed E-state index contributed by atoms with van der Waals surface area (Å²) in [6.07, 6.45) is 2.64. The third-order valence-corrected chi connectivity index (χ3v) is 4.84. The number of rotatable bonds is 6. The van der Waals surface area contributed by atoms with Crippen LogP contribution >= 0.6 is 15.9 Å². The normalized spacial score (nSPS) is 20.8. The molecule has 1 aliphatic heterocycles. The van der Waals surface area contributed by atoms with Crippen LogP contribution in [0.2, 0.25) is 0 Å². The van der Waals surface area contributed by atoms with Crippen LogP contribution in [0.25, 0.3) is 0 Å². The monoisotopic (exact) mass is 338 g/mol. The molecule has 0 aromatic heterocycles. The topological polar surface area (TPSA) is 15.3 Å². The first-order valence-corrected chi connectivity index (χ1v) is 8.59. The number of halogens is 1. The van der Waals surface area contributed by atoms with Crippen molar-refractivity contribution in [3.05, 3.63) is 34.3 Å². The van der Waals surface area contributed by atoms with Gasteiger partial charge in [-0.3, -0.25) is 4.90 Å². The Balaban J connectivity index is 2.10. The summed E-state index contributed by atoms with van der Waals surface area (Å²) in [7, 11) is 0. The maximum Gasteiger partial charge on any atom is 0.0331 e. The highest BCUT2D eigenvalue weighted by molar-refractivity contribution is 9.10. The molecule has 1 heterocycles. The van der Waals surface area contributed by atoms with Crippen LogP contribution in [-0.4, -0.2) is 30.6 Å². The first-order chi connectivity index (χ1) is 9.58. The molecule has 3 heteroatoms. The molecule has 0 aliphatic carbocycles. The lowest BCUT2D eigenvalue weighted by molar-refractivity contribution is 0.171. The molecule has 1 aliphatic rings. The largest absolute Gasteiger partial charge is 0.313 e. The number of hydrogen-bond donors (Lipinski definition) is 1. The molecule has 0 spiro atoms. The van der Waals surface area contributed by atoms with Crippen molar-refractivity contribution < 1.29 is 0 Å². The summed E-state index contributed by atoms with van der Waals surface area (Å²) in [4.78, 5) is 2.63. The summed E-state index contributed by atoms with van der Waals surface area (Å²) in [5, 5.41) is 3.63. The van der Waals surface area contributed by atoms with Crippen molar-refractivity contribution in [1.29, 1.82) is 0 Å². The minimum Gasteiger partial charge on any atom is -0.313 e. The van der Waals surface area contributed by atoms with Crippen LogP contribution in [-0.2, 0) is 0 Å². The molecular formula is C17H27BrN2. The van der Waals surface area contributed by atoms with E-state index in [1.807, 2.05) is 0 Å². The molecule has 0 radical (unpaired) electrons. The molecule has 0 saturated carbocycles. The Kier molecular flexibility index (Phi) is 6.06. The van der Waals surface area contributed by atoms with Gasteiger partial charge in [-0.25, -0.2) is 0 Å². The molecule has 2 atom stereocenters. The molecule has 2 rings (SSSR count). The lowest BCUT2D eigenvalue weighted by Crippen LogP contribution is -2.40. The van der Waals surface area contributed by atoms with Gasteiger partial charge in [0.15, 0.2) is 0 Å². The molecule has 2 nitrogen and oxygen atoms in total. The molecule has 1 saturated heterocycles. The fourth-order valence-corrected chi connectivity index (χ4v) is 3.68. The molecule has 1 fully saturated rings. The number of nitrogens with zero attached hydrogens (tertiary/aromatic N) is 1. The van der Waals surface area contributed by atoms with E-state index >= 15 is 0 Å². The van der Waals surface area contributed by atoms with Gasteiger partial charge in [-0.15, -0.1) is 0 Å². The third kappa shape index (κ3) is 4.31. The standard InChI is InChI=1S/C17H27BrN2/c1-13(2)11-20(12-15-7-6-10-19-15)14(3)16-8-4-5-9-17(16)18/h4-5,8-9,13-15,19H,6-7,10-12H2,1-3H3. The number of benzene rings is 1. The van der Waals surface area contributed by atoms with Gasteiger partial charge < -0.3 is 5.32 Å². The second-order valence-electron chi connectivity index (χ2n) is 6.34. The summed E-state index contributed by atoms with van der Waals surface area (Å²) in [6.45, 7) is 10.4. The SMILES string of the molecule is CC(C)CN(CC1CCCN1)C(C)c1ccccc1Br. The van der Waals surface area contributed by atoms with Crippen molar-refractivity contribution in [2.24, 2.45) is 5.92 Å². The van der Waals surface area contributed by atoms with Gasteiger partial charge in [0.05, 0.1) is 0 Å². The molecular weight excluding hydrogens is 312 g/mol. The second-order valence-corrected chi connectivity index (χ2v) is 7.19. The van der Waals surface area contributed by atoms with Crippen molar-refractivity contribution in [3.63, 3.8) is 0 Å². The van der Waals surface area contributed by atoms with Crippen LogP contribution in [0.5, 0.6) is 0 Å². The second kappa shape index (κ2) is 7.58. The van der Waals surface area contributed by atoms with E-state index in [1.165, 1.54) is 29.4 Å². The van der Waals surface area contributed by atoms with Crippen LogP contribution in [0.1, 0.15) is 45.2 Å². The lowest BCUT2D eigenvalue weighted by atomic mass is 10.0. The highest BCUT2D eigenvalue weighted by atomic mass is 79.9. The van der Waals surface area contributed by atoms with Crippen LogP contribution < -0.4 is 5.32 Å². The minimum absolute atomic E-state index is 0.454. The summed E-state index contributed by atoms with van der Waals surface area (Å²) >= 11 is 3.70. The van der Waals surface area contributed by atoms with E-state index in [4.69, 9.17) is 0 Å². The van der Waals surface area contributed by atoms with Gasteiger partial charge in [0.25, 0.3) is 0 Å². The smallest absolute Gasteiger partial charge is 0.0331 e. The Morgan fingerprint density at radius 1 is 1.30 bits per heavy atom.